The van der Waals surface area contributed by atoms with Crippen LogP contribution >= 0.6 is 7.82 Å². The summed E-state index contributed by atoms with van der Waals surface area (Å²) in [5, 5.41) is 73.9. The van der Waals surface area contributed by atoms with Gasteiger partial charge in [0.05, 0.1) is 31.3 Å². The van der Waals surface area contributed by atoms with E-state index in [1.54, 1.807) is 6.08 Å². The Morgan fingerprint density at radius 2 is 1.14 bits per heavy atom. The monoisotopic (exact) mass is 739 g/mol. The molecule has 8 atom stereocenters. The summed E-state index contributed by atoms with van der Waals surface area (Å²) in [5.41, 5.74) is 0. The number of carbonyl (C=O) groups is 1. The fourth-order valence-corrected chi connectivity index (χ4v) is 7.09. The fraction of sp³-hybridized carbons (Fsp3) is 0.917. The van der Waals surface area contributed by atoms with E-state index in [2.05, 4.69) is 19.2 Å². The van der Waals surface area contributed by atoms with Crippen LogP contribution in [0.3, 0.4) is 0 Å². The van der Waals surface area contributed by atoms with Crippen molar-refractivity contribution in [3.8, 4) is 0 Å². The number of nitrogens with one attached hydrogen (secondary N) is 1. The number of unbranched alkanes of at least 4 members (excludes halogenated alkanes) is 17. The zero-order chi connectivity index (χ0) is 37.4. The van der Waals surface area contributed by atoms with Crippen molar-refractivity contribution in [3.63, 3.8) is 0 Å². The Morgan fingerprint density at radius 3 is 1.64 bits per heavy atom. The van der Waals surface area contributed by atoms with E-state index in [4.69, 9.17) is 9.05 Å². The fourth-order valence-electron chi connectivity index (χ4n) is 6.12. The normalized spacial score (nSPS) is 25.7. The van der Waals surface area contributed by atoms with Crippen LogP contribution in [0.4, 0.5) is 0 Å². The minimum atomic E-state index is -5.12. The predicted molar refractivity (Wildman–Crippen MR) is 192 cm³/mol. The second kappa shape index (κ2) is 27.6. The number of phosphoric acid groups is 1. The highest BCUT2D eigenvalue weighted by Gasteiger charge is 2.51. The third-order valence-corrected chi connectivity index (χ3v) is 10.4. The van der Waals surface area contributed by atoms with Crippen molar-refractivity contribution in [2.75, 3.05) is 6.61 Å². The molecule has 1 aliphatic rings. The summed E-state index contributed by atoms with van der Waals surface area (Å²) < 4.78 is 22.7. The maximum absolute atomic E-state index is 12.8. The highest BCUT2D eigenvalue weighted by Crippen LogP contribution is 2.47. The number of amides is 1. The summed E-state index contributed by atoms with van der Waals surface area (Å²) in [5.74, 6) is -0.597. The minimum absolute atomic E-state index is 0.242. The summed E-state index contributed by atoms with van der Waals surface area (Å²) >= 11 is 0. The Hall–Kier alpha value is -0.960. The lowest BCUT2D eigenvalue weighted by Crippen LogP contribution is -2.64. The molecule has 1 fully saturated rings. The molecule has 1 saturated carbocycles. The van der Waals surface area contributed by atoms with Crippen LogP contribution in [0.1, 0.15) is 149 Å². The third kappa shape index (κ3) is 20.3. The Labute approximate surface area is 300 Å². The number of phosphoric ester groups is 1. The van der Waals surface area contributed by atoms with Crippen LogP contribution in [0.25, 0.3) is 0 Å². The second-order valence-electron chi connectivity index (χ2n) is 14.0. The molecular formula is C36H70NO12P. The zero-order valence-electron chi connectivity index (χ0n) is 30.6. The first-order chi connectivity index (χ1) is 23.8. The van der Waals surface area contributed by atoms with E-state index in [1.165, 1.54) is 76.7 Å². The van der Waals surface area contributed by atoms with E-state index in [1.807, 2.05) is 0 Å². The molecule has 14 heteroatoms. The summed E-state index contributed by atoms with van der Waals surface area (Å²) in [7, 11) is -5.12. The molecule has 0 aromatic carbocycles. The average molecular weight is 740 g/mol. The molecule has 8 unspecified atom stereocenters. The molecule has 0 aliphatic heterocycles. The maximum atomic E-state index is 12.8. The number of hydrogen-bond donors (Lipinski definition) is 9. The van der Waals surface area contributed by atoms with Gasteiger partial charge < -0.3 is 46.0 Å². The van der Waals surface area contributed by atoms with E-state index >= 15 is 0 Å². The number of rotatable bonds is 30. The zero-order valence-corrected chi connectivity index (χ0v) is 31.5. The topological polar surface area (TPSA) is 226 Å². The van der Waals surface area contributed by atoms with Gasteiger partial charge in [0.1, 0.15) is 36.6 Å². The molecule has 0 heterocycles. The maximum Gasteiger partial charge on any atom is 0.472 e. The van der Waals surface area contributed by atoms with Gasteiger partial charge in [0, 0.05) is 0 Å². The van der Waals surface area contributed by atoms with Crippen LogP contribution in [0.2, 0.25) is 0 Å². The molecule has 1 aliphatic carbocycles. The average Bonchev–Trinajstić information content (AvgIpc) is 3.08. The molecule has 296 valence electrons. The highest BCUT2D eigenvalue weighted by atomic mass is 31.2. The van der Waals surface area contributed by atoms with Crippen LogP contribution in [0.15, 0.2) is 12.2 Å². The molecular weight excluding hydrogens is 669 g/mol. The van der Waals surface area contributed by atoms with Crippen molar-refractivity contribution in [1.82, 2.24) is 5.32 Å². The van der Waals surface area contributed by atoms with Gasteiger partial charge in [-0.3, -0.25) is 13.8 Å². The first kappa shape index (κ1) is 47.1. The van der Waals surface area contributed by atoms with Gasteiger partial charge in [-0.1, -0.05) is 135 Å². The number of hydrogen-bond acceptors (Lipinski definition) is 11. The van der Waals surface area contributed by atoms with Gasteiger partial charge in [0.25, 0.3) is 0 Å². The van der Waals surface area contributed by atoms with Gasteiger partial charge >= 0.3 is 7.82 Å². The SMILES string of the molecule is CCCCCCCCCCCC/C=C/C(O)C(COP(=O)(O)OC1C(O)C(O)C(O)C(O)C1O)NC(=O)CC(O)CCCCCCCCCC. The molecule has 1 rings (SSSR count). The van der Waals surface area contributed by atoms with Crippen molar-refractivity contribution < 1.29 is 59.0 Å². The third-order valence-electron chi connectivity index (χ3n) is 9.37. The number of aliphatic hydroxyl groups is 7. The van der Waals surface area contributed by atoms with Crippen LogP contribution in [0.5, 0.6) is 0 Å². The Bertz CT molecular complexity index is 927. The van der Waals surface area contributed by atoms with Gasteiger partial charge in [0.2, 0.25) is 5.91 Å². The molecule has 0 aromatic heterocycles. The van der Waals surface area contributed by atoms with Gasteiger partial charge in [-0.05, 0) is 19.3 Å². The van der Waals surface area contributed by atoms with Crippen molar-refractivity contribution in [3.05, 3.63) is 12.2 Å². The lowest BCUT2D eigenvalue weighted by molar-refractivity contribution is -0.220. The number of aliphatic hydroxyl groups excluding tert-OH is 7. The van der Waals surface area contributed by atoms with Crippen molar-refractivity contribution in [2.24, 2.45) is 0 Å². The van der Waals surface area contributed by atoms with Crippen molar-refractivity contribution in [2.45, 2.75) is 204 Å². The van der Waals surface area contributed by atoms with Gasteiger partial charge in [-0.25, -0.2) is 4.57 Å². The van der Waals surface area contributed by atoms with Crippen LogP contribution in [0, 0.1) is 0 Å². The molecule has 0 radical (unpaired) electrons. The molecule has 0 aromatic rings. The predicted octanol–water partition coefficient (Wildman–Crippen LogP) is 4.30. The summed E-state index contributed by atoms with van der Waals surface area (Å²) in [6.07, 6.45) is 10.5. The van der Waals surface area contributed by atoms with Gasteiger partial charge in [-0.2, -0.15) is 0 Å². The molecule has 9 N–H and O–H groups in total. The smallest absolute Gasteiger partial charge is 0.393 e. The quantitative estimate of drug-likeness (QED) is 0.0286. The Morgan fingerprint density at radius 1 is 0.700 bits per heavy atom. The molecule has 0 spiro atoms. The minimum Gasteiger partial charge on any atom is -0.393 e. The largest absolute Gasteiger partial charge is 0.472 e. The van der Waals surface area contributed by atoms with Gasteiger partial charge in [-0.15, -0.1) is 0 Å². The number of carbonyl (C=O) groups excluding carboxylic acids is 1. The lowest BCUT2D eigenvalue weighted by Gasteiger charge is -2.41. The standard InChI is InChI=1S/C36H70NO12P/c1-3-5-7-9-11-13-14-15-16-18-20-22-24-29(39)28(37-30(40)25-27(38)23-21-19-17-12-10-8-6-4-2)26-48-50(46,47)49-36-34(44)32(42)31(41)33(43)35(36)45/h22,24,27-29,31-36,38-39,41-45H,3-21,23,25-26H2,1-2H3,(H,37,40)(H,46,47)/b24-22+. The molecule has 0 bridgehead atoms. The van der Waals surface area contributed by atoms with Gasteiger partial charge in [0.15, 0.2) is 0 Å². The molecule has 1 amide bonds. The van der Waals surface area contributed by atoms with Crippen LogP contribution < -0.4 is 5.32 Å². The van der Waals surface area contributed by atoms with Crippen LogP contribution in [-0.2, 0) is 18.4 Å². The highest BCUT2D eigenvalue weighted by molar-refractivity contribution is 7.47. The molecule has 0 saturated heterocycles. The molecule has 50 heavy (non-hydrogen) atoms. The van der Waals surface area contributed by atoms with E-state index in [0.29, 0.717) is 12.8 Å². The molecule has 13 nitrogen and oxygen atoms in total. The van der Waals surface area contributed by atoms with Crippen molar-refractivity contribution in [1.29, 1.82) is 0 Å². The lowest BCUT2D eigenvalue weighted by atomic mass is 9.85. The summed E-state index contributed by atoms with van der Waals surface area (Å²) in [6.45, 7) is 3.65. The van der Waals surface area contributed by atoms with Crippen LogP contribution in [-0.4, -0.2) is 108 Å². The summed E-state index contributed by atoms with van der Waals surface area (Å²) in [4.78, 5) is 23.2. The Kier molecular flexibility index (Phi) is 26.0. The first-order valence-corrected chi connectivity index (χ1v) is 20.7. The Balaban J connectivity index is 2.69. The van der Waals surface area contributed by atoms with E-state index in [-0.39, 0.29) is 6.42 Å². The van der Waals surface area contributed by atoms with Crippen molar-refractivity contribution >= 4 is 13.7 Å². The number of allylic oxidation sites excluding steroid dienone is 1. The first-order valence-electron chi connectivity index (χ1n) is 19.2. The van der Waals surface area contributed by atoms with E-state index in [0.717, 1.165) is 44.9 Å². The van der Waals surface area contributed by atoms with E-state index in [9.17, 15) is 50.0 Å². The van der Waals surface area contributed by atoms with E-state index < -0.39 is 75.2 Å². The second-order valence-corrected chi connectivity index (χ2v) is 15.4. The summed E-state index contributed by atoms with van der Waals surface area (Å²) in [6, 6.07) is -1.23.